The Bertz CT molecular complexity index is 953. The van der Waals surface area contributed by atoms with Crippen LogP contribution < -0.4 is 0 Å². The maximum absolute atomic E-state index is 12.5. The number of likely N-dealkylation sites (tertiary alicyclic amines) is 1. The molecule has 0 bridgehead atoms. The number of ether oxygens (including phenoxy) is 2. The molecule has 2 atom stereocenters. The lowest BCUT2D eigenvalue weighted by molar-refractivity contribution is -0.136. The van der Waals surface area contributed by atoms with Crippen molar-refractivity contribution in [3.8, 4) is 0 Å². The molecule has 0 aromatic heterocycles. The Hall–Kier alpha value is -3.09. The van der Waals surface area contributed by atoms with Crippen LogP contribution in [0.25, 0.3) is 0 Å². The summed E-state index contributed by atoms with van der Waals surface area (Å²) in [4.78, 5) is 36.6. The summed E-state index contributed by atoms with van der Waals surface area (Å²) in [5.41, 5.74) is 3.45. The number of aliphatic hydroxyl groups excluding tert-OH is 1. The monoisotopic (exact) mass is 443 g/mol. The van der Waals surface area contributed by atoms with Crippen LogP contribution in [0.4, 0.5) is 4.79 Å². The Morgan fingerprint density at radius 3 is 2.28 bits per heavy atom. The van der Waals surface area contributed by atoms with E-state index in [1.165, 1.54) is 0 Å². The van der Waals surface area contributed by atoms with E-state index in [-0.39, 0.29) is 17.5 Å². The summed E-state index contributed by atoms with van der Waals surface area (Å²) in [6.07, 6.45) is 0.801. The summed E-state index contributed by atoms with van der Waals surface area (Å²) >= 11 is 0. The quantitative estimate of drug-likeness (QED) is 0.344. The van der Waals surface area contributed by atoms with Crippen LogP contribution in [-0.4, -0.2) is 40.2 Å². The molecule has 1 saturated heterocycles. The fraction of sp³-hybridized carbons (Fsp3) is 0.480. The fourth-order valence-corrected chi connectivity index (χ4v) is 3.82. The predicted molar refractivity (Wildman–Crippen MR) is 121 cm³/mol. The van der Waals surface area contributed by atoms with Gasteiger partial charge in [0.15, 0.2) is 0 Å². The van der Waals surface area contributed by atoms with Gasteiger partial charge in [-0.3, -0.25) is 4.79 Å². The van der Waals surface area contributed by atoms with Gasteiger partial charge in [-0.05, 0) is 57.7 Å². The standard InChI is InChI=1S/C17H19NO4.C6H8O2.C2H6/c1-17(2,3)22-16(21)18-14-11-7-5-4-6-10(11)8-12(14)13(9-19)15(18)20;1-4-3-8-6(7)5(4)2;1-2/h4-7,9,12,14,19H,8H2,1-3H3;3H2,1-2H3;1-2H3/b13-9+;;. The number of esters is 1. The van der Waals surface area contributed by atoms with E-state index in [9.17, 15) is 19.5 Å². The van der Waals surface area contributed by atoms with Crippen LogP contribution in [0.5, 0.6) is 0 Å². The summed E-state index contributed by atoms with van der Waals surface area (Å²) in [6.45, 7) is 13.5. The molecule has 0 radical (unpaired) electrons. The van der Waals surface area contributed by atoms with E-state index in [1.54, 1.807) is 27.7 Å². The Morgan fingerprint density at radius 1 is 1.19 bits per heavy atom. The first-order valence-corrected chi connectivity index (χ1v) is 10.9. The molecular formula is C25H33NO6. The molecule has 2 unspecified atom stereocenters. The van der Waals surface area contributed by atoms with E-state index in [2.05, 4.69) is 4.74 Å². The lowest BCUT2D eigenvalue weighted by atomic mass is 9.97. The minimum atomic E-state index is -0.684. The van der Waals surface area contributed by atoms with Gasteiger partial charge >= 0.3 is 12.1 Å². The summed E-state index contributed by atoms with van der Waals surface area (Å²) in [5, 5.41) is 9.43. The molecule has 3 aliphatic rings. The number of hydrogen-bond donors (Lipinski definition) is 1. The highest BCUT2D eigenvalue weighted by Crippen LogP contribution is 2.49. The lowest BCUT2D eigenvalue weighted by Gasteiger charge is -2.27. The lowest BCUT2D eigenvalue weighted by Crippen LogP contribution is -2.39. The van der Waals surface area contributed by atoms with Crippen molar-refractivity contribution < 1.29 is 29.0 Å². The number of carbonyl (C=O) groups is 3. The molecule has 32 heavy (non-hydrogen) atoms. The van der Waals surface area contributed by atoms with Gasteiger partial charge in [-0.1, -0.05) is 38.1 Å². The van der Waals surface area contributed by atoms with Gasteiger partial charge in [0.1, 0.15) is 12.2 Å². The number of carbonyl (C=O) groups excluding carboxylic acids is 3. The summed E-state index contributed by atoms with van der Waals surface area (Å²) in [5.74, 6) is -0.842. The number of amides is 2. The summed E-state index contributed by atoms with van der Waals surface area (Å²) < 4.78 is 10.0. The Labute approximate surface area is 189 Å². The zero-order valence-corrected chi connectivity index (χ0v) is 19.9. The molecule has 0 saturated carbocycles. The first-order valence-electron chi connectivity index (χ1n) is 10.9. The molecular weight excluding hydrogens is 410 g/mol. The van der Waals surface area contributed by atoms with Crippen LogP contribution in [0.1, 0.15) is 65.6 Å². The molecule has 1 aromatic carbocycles. The van der Waals surface area contributed by atoms with E-state index >= 15 is 0 Å². The van der Waals surface area contributed by atoms with Gasteiger partial charge in [0, 0.05) is 11.5 Å². The molecule has 2 aliphatic heterocycles. The second-order valence-corrected chi connectivity index (χ2v) is 8.68. The van der Waals surface area contributed by atoms with Gasteiger partial charge in [0.25, 0.3) is 5.91 Å². The first-order chi connectivity index (χ1) is 15.0. The van der Waals surface area contributed by atoms with Gasteiger partial charge in [-0.2, -0.15) is 0 Å². The molecule has 174 valence electrons. The molecule has 0 spiro atoms. The fourth-order valence-electron chi connectivity index (χ4n) is 3.82. The third-order valence-electron chi connectivity index (χ3n) is 5.43. The number of cyclic esters (lactones) is 1. The predicted octanol–water partition coefficient (Wildman–Crippen LogP) is 5.03. The van der Waals surface area contributed by atoms with Gasteiger partial charge in [-0.25, -0.2) is 14.5 Å². The van der Waals surface area contributed by atoms with Crippen LogP contribution >= 0.6 is 0 Å². The molecule has 4 rings (SSSR count). The van der Waals surface area contributed by atoms with Crippen LogP contribution in [0.3, 0.4) is 0 Å². The average molecular weight is 444 g/mol. The van der Waals surface area contributed by atoms with Gasteiger partial charge in [-0.15, -0.1) is 0 Å². The van der Waals surface area contributed by atoms with Crippen molar-refractivity contribution in [3.63, 3.8) is 0 Å². The largest absolute Gasteiger partial charge is 0.515 e. The van der Waals surface area contributed by atoms with Crippen molar-refractivity contribution in [3.05, 3.63) is 58.4 Å². The molecule has 2 heterocycles. The maximum Gasteiger partial charge on any atom is 0.417 e. The Balaban J connectivity index is 0.000000304. The third-order valence-corrected chi connectivity index (χ3v) is 5.43. The number of rotatable bonds is 0. The molecule has 1 N–H and O–H groups in total. The highest BCUT2D eigenvalue weighted by molar-refractivity contribution is 6.06. The minimum absolute atomic E-state index is 0.164. The van der Waals surface area contributed by atoms with E-state index in [0.29, 0.717) is 13.0 Å². The number of fused-ring (bicyclic) bond motifs is 3. The second kappa shape index (κ2) is 10.0. The number of benzene rings is 1. The van der Waals surface area contributed by atoms with E-state index in [4.69, 9.17) is 4.74 Å². The van der Waals surface area contributed by atoms with Crippen molar-refractivity contribution in [2.75, 3.05) is 6.61 Å². The SMILES string of the molecule is CC.CC(C)(C)OC(=O)N1C(=O)/C(=C/O)C2Cc3ccccc3C21.CC1=C(C)C(=O)OC1. The smallest absolute Gasteiger partial charge is 0.417 e. The molecule has 2 amide bonds. The van der Waals surface area contributed by atoms with Crippen molar-refractivity contribution in [2.24, 2.45) is 5.92 Å². The van der Waals surface area contributed by atoms with Crippen molar-refractivity contribution in [1.82, 2.24) is 4.90 Å². The van der Waals surface area contributed by atoms with Crippen LogP contribution in [0, 0.1) is 5.92 Å². The van der Waals surface area contributed by atoms with E-state index < -0.39 is 23.6 Å². The molecule has 7 nitrogen and oxygen atoms in total. The van der Waals surface area contributed by atoms with Crippen molar-refractivity contribution >= 4 is 18.0 Å². The van der Waals surface area contributed by atoms with Crippen molar-refractivity contribution in [1.29, 1.82) is 0 Å². The molecule has 1 aromatic rings. The normalized spacial score (nSPS) is 22.5. The number of aliphatic hydroxyl groups is 1. The summed E-state index contributed by atoms with van der Waals surface area (Å²) in [7, 11) is 0. The minimum Gasteiger partial charge on any atom is -0.515 e. The zero-order valence-electron chi connectivity index (χ0n) is 19.9. The molecule has 1 fully saturated rings. The van der Waals surface area contributed by atoms with Crippen LogP contribution in [-0.2, 0) is 25.5 Å². The van der Waals surface area contributed by atoms with Gasteiger partial charge in [0.2, 0.25) is 0 Å². The Kier molecular flexibility index (Phi) is 7.88. The summed E-state index contributed by atoms with van der Waals surface area (Å²) in [6, 6.07) is 7.34. The van der Waals surface area contributed by atoms with Crippen molar-refractivity contribution in [2.45, 2.75) is 66.5 Å². The number of imide groups is 1. The van der Waals surface area contributed by atoms with Crippen LogP contribution in [0.15, 0.2) is 47.2 Å². The number of nitrogens with zero attached hydrogens (tertiary/aromatic N) is 1. The van der Waals surface area contributed by atoms with Gasteiger partial charge in [0.05, 0.1) is 17.9 Å². The molecule has 7 heteroatoms. The second-order valence-electron chi connectivity index (χ2n) is 8.68. The topological polar surface area (TPSA) is 93.1 Å². The third kappa shape index (κ3) is 5.03. The average Bonchev–Trinajstić information content (AvgIpc) is 3.34. The highest BCUT2D eigenvalue weighted by Gasteiger charge is 2.52. The molecule has 1 aliphatic carbocycles. The van der Waals surface area contributed by atoms with Crippen LogP contribution in [0.2, 0.25) is 0 Å². The van der Waals surface area contributed by atoms with Gasteiger partial charge < -0.3 is 14.6 Å². The van der Waals surface area contributed by atoms with E-state index in [1.807, 2.05) is 45.0 Å². The highest BCUT2D eigenvalue weighted by atomic mass is 16.6. The maximum atomic E-state index is 12.5. The Morgan fingerprint density at radius 2 is 1.81 bits per heavy atom. The zero-order chi connectivity index (χ0) is 24.2. The van der Waals surface area contributed by atoms with E-state index in [0.717, 1.165) is 33.4 Å². The number of hydrogen-bond acceptors (Lipinski definition) is 6. The first kappa shape index (κ1) is 25.2.